The van der Waals surface area contributed by atoms with Crippen molar-refractivity contribution in [2.24, 2.45) is 0 Å². The van der Waals surface area contributed by atoms with Gasteiger partial charge in [-0.05, 0) is 67.6 Å². The van der Waals surface area contributed by atoms with Gasteiger partial charge in [-0.2, -0.15) is 4.98 Å². The van der Waals surface area contributed by atoms with Gasteiger partial charge in [-0.3, -0.25) is 0 Å². The second kappa shape index (κ2) is 10.0. The fourth-order valence-electron chi connectivity index (χ4n) is 4.72. The number of nitrogens with one attached hydrogen (secondary N) is 2. The maximum absolute atomic E-state index is 6.27. The zero-order valence-electron chi connectivity index (χ0n) is 19.4. The van der Waals surface area contributed by atoms with Crippen molar-refractivity contribution in [3.05, 3.63) is 63.7 Å². The van der Waals surface area contributed by atoms with Gasteiger partial charge in [0.15, 0.2) is 0 Å². The summed E-state index contributed by atoms with van der Waals surface area (Å²) in [4.78, 5) is 16.1. The standard InChI is InChI=1S/C26H28BrClN6/c1-34(2)25-20-5-3-4-6-22(20)32-26(33-25)30-19-10-8-18(9-11-19)29-15-16-13-24(28)31-23-12-7-17(27)14-21(16)23/h3-7,12-14,18-19,29H,8-11,15H2,1-2H3,(H,30,32,33). The summed E-state index contributed by atoms with van der Waals surface area (Å²) in [5.41, 5.74) is 3.07. The first-order valence-electron chi connectivity index (χ1n) is 11.6. The summed E-state index contributed by atoms with van der Waals surface area (Å²) >= 11 is 9.85. The van der Waals surface area contributed by atoms with Crippen LogP contribution < -0.4 is 15.5 Å². The van der Waals surface area contributed by atoms with Gasteiger partial charge in [0.1, 0.15) is 11.0 Å². The van der Waals surface area contributed by atoms with E-state index in [9.17, 15) is 0 Å². The summed E-state index contributed by atoms with van der Waals surface area (Å²) in [7, 11) is 4.04. The number of anilines is 2. The SMILES string of the molecule is CN(C)c1nc(NC2CCC(NCc3cc(Cl)nc4ccc(Br)cc34)CC2)nc2ccccc12. The minimum Gasteiger partial charge on any atom is -0.362 e. The van der Waals surface area contributed by atoms with Crippen LogP contribution in [0.2, 0.25) is 5.15 Å². The van der Waals surface area contributed by atoms with Crippen molar-refractivity contribution >= 4 is 61.1 Å². The minimum atomic E-state index is 0.376. The third kappa shape index (κ3) is 5.11. The van der Waals surface area contributed by atoms with Gasteiger partial charge in [0.25, 0.3) is 0 Å². The molecule has 8 heteroatoms. The zero-order chi connectivity index (χ0) is 23.7. The number of hydrogen-bond acceptors (Lipinski definition) is 6. The molecule has 1 aliphatic carbocycles. The van der Waals surface area contributed by atoms with E-state index < -0.39 is 0 Å². The van der Waals surface area contributed by atoms with Crippen LogP contribution in [0.3, 0.4) is 0 Å². The van der Waals surface area contributed by atoms with E-state index in [2.05, 4.69) is 43.7 Å². The van der Waals surface area contributed by atoms with Crippen LogP contribution in [0.1, 0.15) is 31.2 Å². The Kier molecular flexibility index (Phi) is 6.86. The third-order valence-corrected chi connectivity index (χ3v) is 7.16. The Hall–Kier alpha value is -2.48. The van der Waals surface area contributed by atoms with Crippen LogP contribution >= 0.6 is 27.5 Å². The average molecular weight is 540 g/mol. The first kappa shape index (κ1) is 23.3. The highest BCUT2D eigenvalue weighted by molar-refractivity contribution is 9.10. The van der Waals surface area contributed by atoms with Gasteiger partial charge < -0.3 is 15.5 Å². The van der Waals surface area contributed by atoms with E-state index in [0.717, 1.165) is 64.3 Å². The monoisotopic (exact) mass is 538 g/mol. The number of aromatic nitrogens is 3. The topological polar surface area (TPSA) is 66.0 Å². The van der Waals surface area contributed by atoms with Crippen molar-refractivity contribution in [2.45, 2.75) is 44.3 Å². The van der Waals surface area contributed by atoms with Gasteiger partial charge in [-0.25, -0.2) is 9.97 Å². The number of fused-ring (bicyclic) bond motifs is 2. The lowest BCUT2D eigenvalue weighted by Crippen LogP contribution is -2.37. The molecule has 34 heavy (non-hydrogen) atoms. The molecule has 1 fully saturated rings. The zero-order valence-corrected chi connectivity index (χ0v) is 21.7. The molecule has 0 amide bonds. The number of rotatable bonds is 6. The Morgan fingerprint density at radius 2 is 1.65 bits per heavy atom. The van der Waals surface area contributed by atoms with Crippen molar-refractivity contribution in [3.63, 3.8) is 0 Å². The Balaban J connectivity index is 1.22. The maximum atomic E-state index is 6.27. The molecule has 2 aromatic carbocycles. The van der Waals surface area contributed by atoms with Gasteiger partial charge in [0.05, 0.1) is 11.0 Å². The second-order valence-electron chi connectivity index (χ2n) is 9.12. The van der Waals surface area contributed by atoms with Crippen LogP contribution in [0.15, 0.2) is 53.0 Å². The largest absolute Gasteiger partial charge is 0.362 e. The molecule has 2 heterocycles. The van der Waals surface area contributed by atoms with Gasteiger partial charge in [0, 0.05) is 48.0 Å². The highest BCUT2D eigenvalue weighted by Crippen LogP contribution is 2.28. The molecule has 6 nitrogen and oxygen atoms in total. The molecule has 0 unspecified atom stereocenters. The summed E-state index contributed by atoms with van der Waals surface area (Å²) < 4.78 is 1.05. The number of benzene rings is 2. The van der Waals surface area contributed by atoms with Gasteiger partial charge in [-0.15, -0.1) is 0 Å². The Bertz CT molecular complexity index is 1320. The van der Waals surface area contributed by atoms with Crippen LogP contribution in [0, 0.1) is 0 Å². The van der Waals surface area contributed by atoms with E-state index in [1.54, 1.807) is 0 Å². The third-order valence-electron chi connectivity index (χ3n) is 6.47. The Labute approximate surface area is 213 Å². The van der Waals surface area contributed by atoms with E-state index in [0.29, 0.717) is 23.2 Å². The molecule has 0 radical (unpaired) electrons. The van der Waals surface area contributed by atoms with Gasteiger partial charge in [-0.1, -0.05) is 39.7 Å². The van der Waals surface area contributed by atoms with Crippen LogP contribution in [-0.4, -0.2) is 41.1 Å². The number of hydrogen-bond donors (Lipinski definition) is 2. The molecule has 0 spiro atoms. The van der Waals surface area contributed by atoms with Crippen LogP contribution in [0.25, 0.3) is 21.8 Å². The number of para-hydroxylation sites is 1. The summed E-state index contributed by atoms with van der Waals surface area (Å²) in [6.07, 6.45) is 4.36. The lowest BCUT2D eigenvalue weighted by molar-refractivity contribution is 0.352. The predicted molar refractivity (Wildman–Crippen MR) is 145 cm³/mol. The smallest absolute Gasteiger partial charge is 0.225 e. The average Bonchev–Trinajstić information content (AvgIpc) is 2.83. The molecule has 0 atom stereocenters. The van der Waals surface area contributed by atoms with Gasteiger partial charge in [0.2, 0.25) is 5.95 Å². The van der Waals surface area contributed by atoms with Crippen LogP contribution in [-0.2, 0) is 6.54 Å². The highest BCUT2D eigenvalue weighted by Gasteiger charge is 2.22. The normalized spacial score (nSPS) is 18.4. The van der Waals surface area contributed by atoms with Gasteiger partial charge >= 0.3 is 0 Å². The van der Waals surface area contributed by atoms with Crippen molar-refractivity contribution in [1.29, 1.82) is 0 Å². The first-order chi connectivity index (χ1) is 16.5. The molecular weight excluding hydrogens is 512 g/mol. The molecule has 5 rings (SSSR count). The molecular formula is C26H28BrClN6. The van der Waals surface area contributed by atoms with E-state index >= 15 is 0 Å². The first-order valence-corrected chi connectivity index (χ1v) is 12.8. The lowest BCUT2D eigenvalue weighted by atomic mass is 9.91. The second-order valence-corrected chi connectivity index (χ2v) is 10.4. The number of nitrogens with zero attached hydrogens (tertiary/aromatic N) is 4. The molecule has 0 bridgehead atoms. The summed E-state index contributed by atoms with van der Waals surface area (Å²) in [6.45, 7) is 0.776. The van der Waals surface area contributed by atoms with Crippen LogP contribution in [0.4, 0.5) is 11.8 Å². The van der Waals surface area contributed by atoms with E-state index in [4.69, 9.17) is 21.6 Å². The van der Waals surface area contributed by atoms with E-state index in [1.807, 2.05) is 55.4 Å². The van der Waals surface area contributed by atoms with Crippen molar-refractivity contribution in [1.82, 2.24) is 20.3 Å². The van der Waals surface area contributed by atoms with Crippen molar-refractivity contribution in [3.8, 4) is 0 Å². The van der Waals surface area contributed by atoms with E-state index in [-0.39, 0.29) is 0 Å². The van der Waals surface area contributed by atoms with E-state index in [1.165, 1.54) is 5.56 Å². The number of pyridine rings is 1. The molecule has 176 valence electrons. The molecule has 1 aliphatic rings. The maximum Gasteiger partial charge on any atom is 0.225 e. The molecule has 4 aromatic rings. The minimum absolute atomic E-state index is 0.376. The molecule has 2 aromatic heterocycles. The quantitative estimate of drug-likeness (QED) is 0.286. The highest BCUT2D eigenvalue weighted by atomic mass is 79.9. The summed E-state index contributed by atoms with van der Waals surface area (Å²) in [5, 5.41) is 10.1. The fourth-order valence-corrected chi connectivity index (χ4v) is 5.31. The lowest BCUT2D eigenvalue weighted by Gasteiger charge is -2.30. The molecule has 1 saturated carbocycles. The van der Waals surface area contributed by atoms with Crippen molar-refractivity contribution in [2.75, 3.05) is 24.3 Å². The number of halogens is 2. The van der Waals surface area contributed by atoms with Crippen molar-refractivity contribution < 1.29 is 0 Å². The molecule has 0 saturated heterocycles. The van der Waals surface area contributed by atoms with Crippen LogP contribution in [0.5, 0.6) is 0 Å². The fraction of sp³-hybridized carbons (Fsp3) is 0.346. The Morgan fingerprint density at radius 3 is 2.44 bits per heavy atom. The summed E-state index contributed by atoms with van der Waals surface area (Å²) in [5.74, 6) is 1.65. The summed E-state index contributed by atoms with van der Waals surface area (Å²) in [6, 6.07) is 17.1. The molecule has 0 aliphatic heterocycles. The predicted octanol–water partition coefficient (Wildman–Crippen LogP) is 6.17. The molecule has 2 N–H and O–H groups in total. The Morgan fingerprint density at radius 1 is 0.912 bits per heavy atom.